The Morgan fingerprint density at radius 1 is 1.08 bits per heavy atom. The highest BCUT2D eigenvalue weighted by atomic mass is 35.5. The second-order valence-corrected chi connectivity index (χ2v) is 10.0. The van der Waals surface area contributed by atoms with Gasteiger partial charge in [0.2, 0.25) is 5.79 Å². The molecule has 204 valence electrons. The van der Waals surface area contributed by atoms with Gasteiger partial charge in [-0.1, -0.05) is 24.3 Å². The summed E-state index contributed by atoms with van der Waals surface area (Å²) in [4.78, 5) is 39.1. The summed E-state index contributed by atoms with van der Waals surface area (Å²) in [7, 11) is 0. The Morgan fingerprint density at radius 3 is 2.16 bits per heavy atom. The molecule has 7 N–H and O–H groups in total. The molecule has 5 rings (SSSR count). The van der Waals surface area contributed by atoms with Crippen molar-refractivity contribution in [2.45, 2.75) is 69.0 Å². The molecule has 2 aliphatic carbocycles. The smallest absolute Gasteiger partial charge is 0.202 e. The van der Waals surface area contributed by atoms with E-state index in [1.54, 1.807) is 0 Å². The van der Waals surface area contributed by atoms with Crippen LogP contribution in [0.5, 0.6) is 11.5 Å². The van der Waals surface area contributed by atoms with E-state index in [0.717, 1.165) is 6.92 Å². The van der Waals surface area contributed by atoms with E-state index in [9.17, 15) is 39.9 Å². The molecule has 1 unspecified atom stereocenters. The number of nitrogens with two attached hydrogens (primary N) is 1. The highest BCUT2D eigenvalue weighted by molar-refractivity contribution is 6.30. The van der Waals surface area contributed by atoms with Gasteiger partial charge in [0, 0.05) is 42.0 Å². The molecule has 12 heteroatoms. The number of halogens is 1. The lowest BCUT2D eigenvalue weighted by atomic mass is 9.70. The van der Waals surface area contributed by atoms with Crippen molar-refractivity contribution in [2.75, 3.05) is 0 Å². The Bertz CT molecular complexity index is 1350. The van der Waals surface area contributed by atoms with E-state index in [1.165, 1.54) is 31.2 Å². The lowest BCUT2D eigenvalue weighted by molar-refractivity contribution is -0.339. The Hall–Kier alpha value is -2.90. The molecule has 1 heterocycles. The van der Waals surface area contributed by atoms with Gasteiger partial charge in [-0.25, -0.2) is 0 Å². The minimum Gasteiger partial charge on any atom is -0.507 e. The molecule has 0 radical (unpaired) electrons. The van der Waals surface area contributed by atoms with Gasteiger partial charge in [0.15, 0.2) is 23.6 Å². The number of benzene rings is 2. The van der Waals surface area contributed by atoms with E-state index in [2.05, 4.69) is 0 Å². The number of phenols is 2. The van der Waals surface area contributed by atoms with Crippen LogP contribution in [0, 0.1) is 0 Å². The molecule has 1 saturated heterocycles. The molecular weight excluding hydrogens is 522 g/mol. The number of aliphatic hydroxyl groups is 3. The van der Waals surface area contributed by atoms with Crippen LogP contribution < -0.4 is 5.73 Å². The summed E-state index contributed by atoms with van der Waals surface area (Å²) in [6, 6.07) is 5.08. The number of rotatable bonds is 3. The third kappa shape index (κ3) is 4.02. The van der Waals surface area contributed by atoms with E-state index >= 15 is 0 Å². The van der Waals surface area contributed by atoms with Crippen LogP contribution >= 0.6 is 12.4 Å². The quantitative estimate of drug-likeness (QED) is 0.197. The third-order valence-corrected chi connectivity index (χ3v) is 7.54. The van der Waals surface area contributed by atoms with Crippen molar-refractivity contribution in [1.82, 2.24) is 0 Å². The van der Waals surface area contributed by atoms with Gasteiger partial charge >= 0.3 is 0 Å². The molecule has 6 atom stereocenters. The number of ether oxygens (including phenoxy) is 2. The number of aliphatic hydroxyl groups excluding tert-OH is 1. The van der Waals surface area contributed by atoms with E-state index < -0.39 is 94.3 Å². The molecule has 3 aliphatic rings. The van der Waals surface area contributed by atoms with Gasteiger partial charge in [-0.2, -0.15) is 0 Å². The van der Waals surface area contributed by atoms with Crippen molar-refractivity contribution in [3.63, 3.8) is 0 Å². The Kier molecular flexibility index (Phi) is 6.94. The summed E-state index contributed by atoms with van der Waals surface area (Å²) in [6.45, 7) is 2.61. The fourth-order valence-corrected chi connectivity index (χ4v) is 5.53. The molecule has 0 spiro atoms. The fourth-order valence-electron chi connectivity index (χ4n) is 5.53. The standard InChI is InChI=1S/C26H27NO10.ClH/c1-10-20(29)15(27)7-16(36-10)37-26(35)9-25(34,11(2)28)8-14-19(26)24(33)18-17(23(14)32)21(30)12-5-3-4-6-13(12)22(18)31;/h3-6,10,15-16,20,29,32-35H,7-9,27H2,1-2H3;1H/t10?,15-,16+,20-,25+,26+;/m1./s1. The molecule has 1 fully saturated rings. The molecule has 1 aliphatic heterocycles. The van der Waals surface area contributed by atoms with Gasteiger partial charge in [0.1, 0.15) is 17.1 Å². The van der Waals surface area contributed by atoms with Gasteiger partial charge in [-0.05, 0) is 13.8 Å². The SMILES string of the molecule is CC(=O)[C@]1(O)Cc2c(O)c3c(c(O)c2[C@@](O)(O[C@H]2C[C@@H](N)[C@H](O)C(C)O2)C1)C(=O)c1ccccc1C3=O.Cl. The van der Waals surface area contributed by atoms with E-state index in [1.807, 2.05) is 0 Å². The zero-order valence-electron chi connectivity index (χ0n) is 20.5. The number of fused-ring (bicyclic) bond motifs is 3. The number of hydrogen-bond donors (Lipinski definition) is 6. The van der Waals surface area contributed by atoms with Crippen LogP contribution in [0.4, 0.5) is 0 Å². The van der Waals surface area contributed by atoms with Crippen molar-refractivity contribution >= 4 is 29.8 Å². The molecule has 0 aromatic heterocycles. The van der Waals surface area contributed by atoms with Crippen LogP contribution in [0.1, 0.15) is 69.7 Å². The zero-order chi connectivity index (χ0) is 27.0. The maximum absolute atomic E-state index is 13.4. The summed E-state index contributed by atoms with van der Waals surface area (Å²) in [5.41, 5.74) is 1.89. The van der Waals surface area contributed by atoms with Gasteiger partial charge in [-0.15, -0.1) is 12.4 Å². The van der Waals surface area contributed by atoms with Gasteiger partial charge < -0.3 is 40.7 Å². The fraction of sp³-hybridized carbons (Fsp3) is 0.423. The summed E-state index contributed by atoms with van der Waals surface area (Å²) in [6.07, 6.45) is -4.51. The lowest BCUT2D eigenvalue weighted by Crippen LogP contribution is -2.56. The van der Waals surface area contributed by atoms with Crippen LogP contribution in [-0.4, -0.2) is 73.0 Å². The molecular formula is C26H28ClNO10. The highest BCUT2D eigenvalue weighted by Gasteiger charge is 2.55. The van der Waals surface area contributed by atoms with Crippen LogP contribution in [0.15, 0.2) is 24.3 Å². The van der Waals surface area contributed by atoms with Crippen molar-refractivity contribution in [2.24, 2.45) is 5.73 Å². The van der Waals surface area contributed by atoms with Crippen LogP contribution in [-0.2, 0) is 26.5 Å². The number of aromatic hydroxyl groups is 2. The monoisotopic (exact) mass is 549 g/mol. The summed E-state index contributed by atoms with van der Waals surface area (Å²) in [5.74, 6) is -6.51. The number of Topliss-reactive ketones (excluding diaryl/α,β-unsaturated/α-hetero) is 1. The first kappa shape index (κ1) is 28.1. The van der Waals surface area contributed by atoms with Crippen LogP contribution in [0.2, 0.25) is 0 Å². The molecule has 11 nitrogen and oxygen atoms in total. The summed E-state index contributed by atoms with van der Waals surface area (Å²) < 4.78 is 11.4. The first-order valence-corrected chi connectivity index (χ1v) is 11.8. The summed E-state index contributed by atoms with van der Waals surface area (Å²) in [5, 5.41) is 55.6. The molecule has 2 aromatic rings. The van der Waals surface area contributed by atoms with Crippen LogP contribution in [0.3, 0.4) is 0 Å². The number of hydrogen-bond acceptors (Lipinski definition) is 11. The highest BCUT2D eigenvalue weighted by Crippen LogP contribution is 2.53. The first-order valence-electron chi connectivity index (χ1n) is 11.8. The predicted octanol–water partition coefficient (Wildman–Crippen LogP) is 0.546. The topological polar surface area (TPSA) is 197 Å². The van der Waals surface area contributed by atoms with Gasteiger partial charge in [0.25, 0.3) is 0 Å². The minimum atomic E-state index is -2.66. The largest absolute Gasteiger partial charge is 0.507 e. The van der Waals surface area contributed by atoms with Crippen LogP contribution in [0.25, 0.3) is 0 Å². The normalized spacial score (nSPS) is 32.1. The number of carbonyl (C=O) groups excluding carboxylic acids is 3. The maximum atomic E-state index is 13.4. The minimum absolute atomic E-state index is 0. The zero-order valence-corrected chi connectivity index (χ0v) is 21.3. The molecule has 0 amide bonds. The second-order valence-electron chi connectivity index (χ2n) is 10.0. The number of ketones is 3. The number of phenolic OH excluding ortho intramolecular Hbond substituents is 2. The molecule has 2 aromatic carbocycles. The average molecular weight is 550 g/mol. The molecule has 0 saturated carbocycles. The van der Waals surface area contributed by atoms with Crippen molar-refractivity contribution < 1.29 is 49.4 Å². The molecule has 38 heavy (non-hydrogen) atoms. The predicted molar refractivity (Wildman–Crippen MR) is 132 cm³/mol. The van der Waals surface area contributed by atoms with Gasteiger partial charge in [0.05, 0.1) is 28.9 Å². The second kappa shape index (κ2) is 9.38. The third-order valence-electron chi connectivity index (χ3n) is 7.54. The number of carbonyl (C=O) groups is 3. The van der Waals surface area contributed by atoms with E-state index in [4.69, 9.17) is 15.2 Å². The molecule has 0 bridgehead atoms. The maximum Gasteiger partial charge on any atom is 0.202 e. The van der Waals surface area contributed by atoms with Crippen molar-refractivity contribution in [3.8, 4) is 11.5 Å². The Balaban J connectivity index is 0.00000336. The summed E-state index contributed by atoms with van der Waals surface area (Å²) >= 11 is 0. The lowest BCUT2D eigenvalue weighted by Gasteiger charge is -2.46. The van der Waals surface area contributed by atoms with Crippen molar-refractivity contribution in [3.05, 3.63) is 57.6 Å². The Morgan fingerprint density at radius 2 is 1.63 bits per heavy atom. The average Bonchev–Trinajstić information content (AvgIpc) is 2.82. The van der Waals surface area contributed by atoms with E-state index in [0.29, 0.717) is 0 Å². The van der Waals surface area contributed by atoms with Crippen molar-refractivity contribution in [1.29, 1.82) is 0 Å². The van der Waals surface area contributed by atoms with E-state index in [-0.39, 0.29) is 35.5 Å². The van der Waals surface area contributed by atoms with Gasteiger partial charge in [-0.3, -0.25) is 14.4 Å². The Labute approximate surface area is 223 Å². The first-order chi connectivity index (χ1) is 17.3.